The lowest BCUT2D eigenvalue weighted by atomic mass is 9.89. The van der Waals surface area contributed by atoms with E-state index in [0.29, 0.717) is 5.92 Å². The summed E-state index contributed by atoms with van der Waals surface area (Å²) in [6.45, 7) is 0. The first-order valence-corrected chi connectivity index (χ1v) is 4.62. The first-order chi connectivity index (χ1) is 4.84. The summed E-state index contributed by atoms with van der Waals surface area (Å²) in [4.78, 5) is 0. The summed E-state index contributed by atoms with van der Waals surface area (Å²) in [6.07, 6.45) is 6.43. The van der Waals surface area contributed by atoms with Gasteiger partial charge in [0.05, 0.1) is 0 Å². The predicted octanol–water partition coefficient (Wildman–Crippen LogP) is 3.89. The number of rotatable bonds is 1. The molecule has 0 bridgehead atoms. The Balaban J connectivity index is 2.39. The van der Waals surface area contributed by atoms with Gasteiger partial charge < -0.3 is 0 Å². The lowest BCUT2D eigenvalue weighted by Gasteiger charge is -2.20. The van der Waals surface area contributed by atoms with Crippen molar-refractivity contribution in [1.29, 1.82) is 0 Å². The maximum Gasteiger partial charge on any atom is 0.0324 e. The van der Waals surface area contributed by atoms with Crippen molar-refractivity contribution in [1.82, 2.24) is 0 Å². The predicted molar refractivity (Wildman–Crippen MR) is 46.4 cm³/mol. The lowest BCUT2D eigenvalue weighted by Crippen LogP contribution is -2.05. The molecule has 1 rings (SSSR count). The van der Waals surface area contributed by atoms with Gasteiger partial charge in [0, 0.05) is 10.6 Å². The summed E-state index contributed by atoms with van der Waals surface area (Å²) in [7, 11) is 0. The molecule has 0 aromatic carbocycles. The van der Waals surface area contributed by atoms with Crippen LogP contribution in [0.1, 0.15) is 32.1 Å². The fraction of sp³-hybridized carbons (Fsp3) is 0.750. The standard InChI is InChI=1S/C8H12Cl2/c9-6-8(10)7-4-2-1-3-5-7/h6-7H,1-5H2/b8-6-. The zero-order chi connectivity index (χ0) is 7.40. The molecule has 0 saturated heterocycles. The van der Waals surface area contributed by atoms with Crippen molar-refractivity contribution in [2.45, 2.75) is 32.1 Å². The molecule has 0 nitrogen and oxygen atoms in total. The second kappa shape index (κ2) is 4.25. The van der Waals surface area contributed by atoms with Crippen molar-refractivity contribution in [2.75, 3.05) is 0 Å². The number of allylic oxidation sites excluding steroid dienone is 1. The molecule has 1 aliphatic carbocycles. The molecule has 0 amide bonds. The molecule has 0 unspecified atom stereocenters. The first-order valence-electron chi connectivity index (χ1n) is 3.80. The molecule has 0 radical (unpaired) electrons. The van der Waals surface area contributed by atoms with Crippen LogP contribution in [0.3, 0.4) is 0 Å². The molecule has 0 aromatic rings. The molecule has 2 heteroatoms. The van der Waals surface area contributed by atoms with Gasteiger partial charge in [-0.1, -0.05) is 42.5 Å². The second-order valence-corrected chi connectivity index (χ2v) is 3.48. The summed E-state index contributed by atoms with van der Waals surface area (Å²) in [5.74, 6) is 0.563. The highest BCUT2D eigenvalue weighted by Gasteiger charge is 2.15. The van der Waals surface area contributed by atoms with Crippen LogP contribution in [0, 0.1) is 5.92 Å². The Morgan fingerprint density at radius 3 is 2.30 bits per heavy atom. The van der Waals surface area contributed by atoms with Gasteiger partial charge in [0.2, 0.25) is 0 Å². The topological polar surface area (TPSA) is 0 Å². The molecule has 0 spiro atoms. The van der Waals surface area contributed by atoms with E-state index in [2.05, 4.69) is 0 Å². The SMILES string of the molecule is Cl/C=C(\Cl)C1CCCCC1. The molecule has 0 atom stereocenters. The third-order valence-corrected chi connectivity index (χ3v) is 2.86. The van der Waals surface area contributed by atoms with E-state index in [0.717, 1.165) is 5.03 Å². The third-order valence-electron chi connectivity index (χ3n) is 2.10. The monoisotopic (exact) mass is 178 g/mol. The van der Waals surface area contributed by atoms with Crippen molar-refractivity contribution < 1.29 is 0 Å². The van der Waals surface area contributed by atoms with Crippen LogP contribution in [0.2, 0.25) is 0 Å². The normalized spacial score (nSPS) is 23.2. The van der Waals surface area contributed by atoms with E-state index in [1.165, 1.54) is 37.6 Å². The van der Waals surface area contributed by atoms with Gasteiger partial charge in [-0.3, -0.25) is 0 Å². The number of hydrogen-bond acceptors (Lipinski definition) is 0. The van der Waals surface area contributed by atoms with Crippen LogP contribution in [-0.4, -0.2) is 0 Å². The van der Waals surface area contributed by atoms with E-state index >= 15 is 0 Å². The van der Waals surface area contributed by atoms with E-state index in [1.54, 1.807) is 0 Å². The third kappa shape index (κ3) is 2.17. The van der Waals surface area contributed by atoms with E-state index in [-0.39, 0.29) is 0 Å². The van der Waals surface area contributed by atoms with Crippen molar-refractivity contribution in [3.63, 3.8) is 0 Å². The summed E-state index contributed by atoms with van der Waals surface area (Å²) in [5, 5.41) is 0.848. The molecular formula is C8H12Cl2. The molecule has 1 fully saturated rings. The average Bonchev–Trinajstić information content (AvgIpc) is 2.05. The van der Waals surface area contributed by atoms with E-state index in [1.807, 2.05) is 0 Å². The van der Waals surface area contributed by atoms with Crippen LogP contribution in [-0.2, 0) is 0 Å². The van der Waals surface area contributed by atoms with Crippen LogP contribution < -0.4 is 0 Å². The molecule has 0 N–H and O–H groups in total. The van der Waals surface area contributed by atoms with Gasteiger partial charge in [-0.25, -0.2) is 0 Å². The summed E-state index contributed by atoms with van der Waals surface area (Å²) in [5.41, 5.74) is 1.51. The quantitative estimate of drug-likeness (QED) is 0.572. The zero-order valence-electron chi connectivity index (χ0n) is 5.95. The smallest absolute Gasteiger partial charge is 0.0324 e. The highest BCUT2D eigenvalue weighted by Crippen LogP contribution is 2.31. The molecular weight excluding hydrogens is 167 g/mol. The molecule has 58 valence electrons. The Morgan fingerprint density at radius 1 is 1.20 bits per heavy atom. The van der Waals surface area contributed by atoms with Crippen LogP contribution >= 0.6 is 23.2 Å². The highest BCUT2D eigenvalue weighted by molar-refractivity contribution is 6.36. The zero-order valence-corrected chi connectivity index (χ0v) is 7.46. The highest BCUT2D eigenvalue weighted by atomic mass is 35.5. The molecule has 1 aliphatic rings. The van der Waals surface area contributed by atoms with Crippen LogP contribution in [0.5, 0.6) is 0 Å². The molecule has 1 saturated carbocycles. The summed E-state index contributed by atoms with van der Waals surface area (Å²) in [6, 6.07) is 0. The van der Waals surface area contributed by atoms with Crippen molar-refractivity contribution in [2.24, 2.45) is 5.92 Å². The van der Waals surface area contributed by atoms with Crippen molar-refractivity contribution in [3.8, 4) is 0 Å². The van der Waals surface area contributed by atoms with Crippen LogP contribution in [0.25, 0.3) is 0 Å². The molecule has 0 aromatic heterocycles. The maximum atomic E-state index is 5.87. The van der Waals surface area contributed by atoms with E-state index in [4.69, 9.17) is 23.2 Å². The second-order valence-electron chi connectivity index (χ2n) is 2.83. The Hall–Kier alpha value is 0.320. The summed E-state index contributed by atoms with van der Waals surface area (Å²) < 4.78 is 0. The van der Waals surface area contributed by atoms with Crippen LogP contribution in [0.4, 0.5) is 0 Å². The van der Waals surface area contributed by atoms with E-state index < -0.39 is 0 Å². The Kier molecular flexibility index (Phi) is 3.58. The van der Waals surface area contributed by atoms with Gasteiger partial charge in [-0.15, -0.1) is 0 Å². The van der Waals surface area contributed by atoms with Gasteiger partial charge in [-0.05, 0) is 18.8 Å². The lowest BCUT2D eigenvalue weighted by molar-refractivity contribution is 0.414. The van der Waals surface area contributed by atoms with Gasteiger partial charge in [0.1, 0.15) is 0 Å². The first kappa shape index (κ1) is 8.42. The number of halogens is 2. The number of hydrogen-bond donors (Lipinski definition) is 0. The fourth-order valence-corrected chi connectivity index (χ4v) is 1.86. The van der Waals surface area contributed by atoms with Gasteiger partial charge in [0.25, 0.3) is 0 Å². The maximum absolute atomic E-state index is 5.87. The minimum Gasteiger partial charge on any atom is -0.0917 e. The molecule has 10 heavy (non-hydrogen) atoms. The molecule has 0 aliphatic heterocycles. The Morgan fingerprint density at radius 2 is 1.80 bits per heavy atom. The van der Waals surface area contributed by atoms with Crippen molar-refractivity contribution >= 4 is 23.2 Å². The van der Waals surface area contributed by atoms with Crippen LogP contribution in [0.15, 0.2) is 10.6 Å². The van der Waals surface area contributed by atoms with Crippen molar-refractivity contribution in [3.05, 3.63) is 10.6 Å². The Labute approximate surface area is 72.2 Å². The Bertz CT molecular complexity index is 123. The van der Waals surface area contributed by atoms with Gasteiger partial charge in [-0.2, -0.15) is 0 Å². The van der Waals surface area contributed by atoms with Gasteiger partial charge in [0.15, 0.2) is 0 Å². The minimum absolute atomic E-state index is 0.563. The fourth-order valence-electron chi connectivity index (χ4n) is 1.47. The summed E-state index contributed by atoms with van der Waals surface area (Å²) >= 11 is 11.4. The van der Waals surface area contributed by atoms with E-state index in [9.17, 15) is 0 Å². The largest absolute Gasteiger partial charge is 0.0917 e. The molecule has 0 heterocycles. The average molecular weight is 179 g/mol. The minimum atomic E-state index is 0.563. The van der Waals surface area contributed by atoms with Gasteiger partial charge >= 0.3 is 0 Å².